The van der Waals surface area contributed by atoms with Crippen LogP contribution in [-0.4, -0.2) is 47.6 Å². The zero-order valence-electron chi connectivity index (χ0n) is 12.2. The van der Waals surface area contributed by atoms with Crippen molar-refractivity contribution in [2.75, 3.05) is 13.1 Å². The minimum Gasteiger partial charge on any atom is -0.337 e. The third-order valence-electron chi connectivity index (χ3n) is 3.00. The van der Waals surface area contributed by atoms with Crippen molar-refractivity contribution in [1.82, 2.24) is 10.2 Å². The van der Waals surface area contributed by atoms with Gasteiger partial charge in [-0.05, 0) is 6.92 Å². The Morgan fingerprint density at radius 1 is 1.52 bits per heavy atom. The van der Waals surface area contributed by atoms with E-state index >= 15 is 0 Å². The largest absolute Gasteiger partial charge is 0.341 e. The van der Waals surface area contributed by atoms with E-state index in [1.807, 2.05) is 0 Å². The van der Waals surface area contributed by atoms with Crippen LogP contribution >= 0.6 is 0 Å². The Labute approximate surface area is 121 Å². The highest BCUT2D eigenvalue weighted by molar-refractivity contribution is 6.41. The molecule has 8 heteroatoms. The van der Waals surface area contributed by atoms with Crippen LogP contribution in [-0.2, 0) is 4.79 Å². The number of nitrogens with zero attached hydrogens (tertiary/aromatic N) is 3. The number of alkyl halides is 2. The summed E-state index contributed by atoms with van der Waals surface area (Å²) >= 11 is 0. The fourth-order valence-electron chi connectivity index (χ4n) is 2.02. The van der Waals surface area contributed by atoms with Gasteiger partial charge in [0.25, 0.3) is 11.8 Å². The molecule has 1 aliphatic rings. The van der Waals surface area contributed by atoms with E-state index < -0.39 is 42.8 Å². The van der Waals surface area contributed by atoms with Crippen molar-refractivity contribution in [2.24, 2.45) is 10.9 Å². The molecular formula is C13H18F2N4O2. The highest BCUT2D eigenvalue weighted by Gasteiger charge is 2.48. The van der Waals surface area contributed by atoms with Gasteiger partial charge in [0.05, 0.1) is 12.6 Å². The molecule has 0 aromatic rings. The third-order valence-corrected chi connectivity index (χ3v) is 3.00. The Balaban J connectivity index is 3.02. The molecule has 0 saturated carbocycles. The van der Waals surface area contributed by atoms with Gasteiger partial charge in [-0.2, -0.15) is 10.3 Å². The number of likely N-dealkylation sites (tertiary alicyclic amines) is 1. The van der Waals surface area contributed by atoms with Gasteiger partial charge in [-0.3, -0.25) is 4.79 Å². The smallest absolute Gasteiger partial charge is 0.337 e. The number of nitriles is 1. The molecule has 3 amide bonds. The molecular weight excluding hydrogens is 282 g/mol. The number of halogens is 2. The number of hydrogen-bond acceptors (Lipinski definition) is 3. The molecule has 1 fully saturated rings. The van der Waals surface area contributed by atoms with Gasteiger partial charge in [-0.25, -0.2) is 13.6 Å². The van der Waals surface area contributed by atoms with Gasteiger partial charge >= 0.3 is 6.03 Å². The molecule has 1 rings (SSSR count). The first kappa shape index (κ1) is 17.0. The van der Waals surface area contributed by atoms with E-state index in [0.717, 1.165) is 4.90 Å². The van der Waals surface area contributed by atoms with E-state index in [9.17, 15) is 18.4 Å². The molecule has 1 atom stereocenters. The van der Waals surface area contributed by atoms with Crippen molar-refractivity contribution in [1.29, 1.82) is 5.26 Å². The van der Waals surface area contributed by atoms with Crippen LogP contribution in [0.15, 0.2) is 4.99 Å². The van der Waals surface area contributed by atoms with E-state index in [1.54, 1.807) is 26.8 Å². The average Bonchev–Trinajstić information content (AvgIpc) is 2.70. The van der Waals surface area contributed by atoms with Crippen molar-refractivity contribution in [3.05, 3.63) is 0 Å². The number of carbonyl (C=O) groups excluding carboxylic acids is 2. The molecule has 0 spiro atoms. The second-order valence-electron chi connectivity index (χ2n) is 5.13. The fourth-order valence-corrected chi connectivity index (χ4v) is 2.02. The van der Waals surface area contributed by atoms with Gasteiger partial charge in [0.15, 0.2) is 0 Å². The summed E-state index contributed by atoms with van der Waals surface area (Å²) in [6.07, 6.45) is -0.693. The zero-order chi connectivity index (χ0) is 16.2. The first-order chi connectivity index (χ1) is 9.71. The van der Waals surface area contributed by atoms with Crippen molar-refractivity contribution >= 4 is 17.6 Å². The molecule has 0 radical (unpaired) electrons. The molecule has 21 heavy (non-hydrogen) atoms. The van der Waals surface area contributed by atoms with E-state index in [4.69, 9.17) is 5.26 Å². The van der Waals surface area contributed by atoms with E-state index in [0.29, 0.717) is 6.54 Å². The molecule has 1 heterocycles. The number of hydrogen-bond donors (Lipinski definition) is 1. The van der Waals surface area contributed by atoms with Crippen molar-refractivity contribution in [2.45, 2.75) is 39.2 Å². The maximum absolute atomic E-state index is 13.4. The lowest BCUT2D eigenvalue weighted by Gasteiger charge is -2.21. The predicted octanol–water partition coefficient (Wildman–Crippen LogP) is 1.57. The summed E-state index contributed by atoms with van der Waals surface area (Å²) in [4.78, 5) is 28.2. The average molecular weight is 300 g/mol. The number of nitrogens with one attached hydrogen (secondary N) is 1. The number of amides is 3. The number of aliphatic imine (C=N–C) groups is 1. The quantitative estimate of drug-likeness (QED) is 0.803. The molecule has 1 saturated heterocycles. The molecule has 1 N–H and O–H groups in total. The molecule has 116 valence electrons. The van der Waals surface area contributed by atoms with E-state index in [-0.39, 0.29) is 5.71 Å². The predicted molar refractivity (Wildman–Crippen MR) is 72.0 cm³/mol. The molecule has 1 aliphatic heterocycles. The van der Waals surface area contributed by atoms with Crippen LogP contribution in [0.3, 0.4) is 0 Å². The Morgan fingerprint density at radius 3 is 2.62 bits per heavy atom. The summed E-state index contributed by atoms with van der Waals surface area (Å²) in [5, 5.41) is 11.3. The highest BCUT2D eigenvalue weighted by Crippen LogP contribution is 2.32. The first-order valence-electron chi connectivity index (χ1n) is 6.66. The summed E-state index contributed by atoms with van der Waals surface area (Å²) in [5.41, 5.74) is -0.126. The van der Waals surface area contributed by atoms with Crippen molar-refractivity contribution in [3.8, 4) is 6.07 Å². The van der Waals surface area contributed by atoms with Crippen LogP contribution in [0.2, 0.25) is 0 Å². The molecule has 0 aromatic heterocycles. The first-order valence-corrected chi connectivity index (χ1v) is 6.66. The van der Waals surface area contributed by atoms with Crippen LogP contribution in [0.5, 0.6) is 0 Å². The zero-order valence-corrected chi connectivity index (χ0v) is 12.2. The van der Waals surface area contributed by atoms with Crippen LogP contribution in [0.4, 0.5) is 13.6 Å². The highest BCUT2D eigenvalue weighted by atomic mass is 19.3. The van der Waals surface area contributed by atoms with Gasteiger partial charge in [-0.1, -0.05) is 13.8 Å². The second-order valence-corrected chi connectivity index (χ2v) is 5.13. The van der Waals surface area contributed by atoms with Gasteiger partial charge in [0.1, 0.15) is 11.8 Å². The second kappa shape index (κ2) is 6.61. The normalized spacial score (nSPS) is 21.3. The Kier molecular flexibility index (Phi) is 5.35. The Hall–Kier alpha value is -2.04. The van der Waals surface area contributed by atoms with Gasteiger partial charge < -0.3 is 10.2 Å². The maximum atomic E-state index is 13.4. The number of urea groups is 1. The van der Waals surface area contributed by atoms with Crippen LogP contribution in [0.25, 0.3) is 0 Å². The van der Waals surface area contributed by atoms with E-state index in [2.05, 4.69) is 10.3 Å². The monoisotopic (exact) mass is 300 g/mol. The van der Waals surface area contributed by atoms with Crippen LogP contribution in [0.1, 0.15) is 27.2 Å². The van der Waals surface area contributed by atoms with Gasteiger partial charge in [0.2, 0.25) is 0 Å². The minimum absolute atomic E-state index is 0.126. The Morgan fingerprint density at radius 2 is 2.14 bits per heavy atom. The summed E-state index contributed by atoms with van der Waals surface area (Å²) in [6.45, 7) is 4.46. The standard InChI is InChI=1S/C13H18F2N4O2/c1-4-17-12(21)18-10(8(2)3)11(20)19-7-13(14,15)5-9(19)6-16/h8-9H,4-5,7H2,1-3H3,(H,17,21)/t9-/m0/s1. The maximum Gasteiger partial charge on any atom is 0.341 e. The molecule has 0 bridgehead atoms. The lowest BCUT2D eigenvalue weighted by Crippen LogP contribution is -2.42. The summed E-state index contributed by atoms with van der Waals surface area (Å²) in [5.74, 6) is -4.31. The Bertz CT molecular complexity index is 497. The number of carbonyl (C=O) groups is 2. The van der Waals surface area contributed by atoms with Crippen molar-refractivity contribution < 1.29 is 18.4 Å². The summed E-state index contributed by atoms with van der Waals surface area (Å²) in [7, 11) is 0. The van der Waals surface area contributed by atoms with Gasteiger partial charge in [-0.15, -0.1) is 0 Å². The SMILES string of the molecule is CCNC(=O)N=C(C(=O)N1CC(F)(F)C[C@H]1C#N)C(C)C. The lowest BCUT2D eigenvalue weighted by atomic mass is 10.1. The third kappa shape index (κ3) is 4.21. The molecule has 0 aliphatic carbocycles. The van der Waals surface area contributed by atoms with Crippen molar-refractivity contribution in [3.63, 3.8) is 0 Å². The molecule has 0 unspecified atom stereocenters. The fraction of sp³-hybridized carbons (Fsp3) is 0.692. The van der Waals surface area contributed by atoms with Gasteiger partial charge in [0, 0.05) is 18.9 Å². The lowest BCUT2D eigenvalue weighted by molar-refractivity contribution is -0.125. The molecule has 0 aromatic carbocycles. The number of rotatable bonds is 3. The van der Waals surface area contributed by atoms with Crippen LogP contribution < -0.4 is 5.32 Å². The molecule has 6 nitrogen and oxygen atoms in total. The topological polar surface area (TPSA) is 85.6 Å². The van der Waals surface area contributed by atoms with Crippen LogP contribution in [0, 0.1) is 17.2 Å². The summed E-state index contributed by atoms with van der Waals surface area (Å²) < 4.78 is 26.8. The summed E-state index contributed by atoms with van der Waals surface area (Å²) in [6, 6.07) is -0.211. The van der Waals surface area contributed by atoms with E-state index in [1.165, 1.54) is 0 Å². The minimum atomic E-state index is -3.09.